The van der Waals surface area contributed by atoms with E-state index in [9.17, 15) is 10.2 Å². The first kappa shape index (κ1) is 12.9. The van der Waals surface area contributed by atoms with Crippen molar-refractivity contribution in [1.29, 1.82) is 0 Å². The molecule has 9 heteroatoms. The Morgan fingerprint density at radius 1 is 1.38 bits per heavy atom. The number of rotatable bonds is 3. The molecule has 2 saturated heterocycles. The van der Waals surface area contributed by atoms with Crippen LogP contribution in [0.15, 0.2) is 12.7 Å². The third-order valence-electron chi connectivity index (χ3n) is 4.35. The number of aliphatic hydroxyl groups is 2. The monoisotopic (exact) mass is 293 g/mol. The first-order chi connectivity index (χ1) is 10.2. The zero-order chi connectivity index (χ0) is 14.6. The number of hydrogen-bond donors (Lipinski definition) is 3. The second-order valence-electron chi connectivity index (χ2n) is 5.38. The van der Waals surface area contributed by atoms with E-state index in [2.05, 4.69) is 15.0 Å². The Hall–Kier alpha value is -1.81. The van der Waals surface area contributed by atoms with Crippen molar-refractivity contribution in [3.8, 4) is 0 Å². The lowest BCUT2D eigenvalue weighted by Crippen LogP contribution is -2.42. The third kappa shape index (κ3) is 1.57. The van der Waals surface area contributed by atoms with Crippen LogP contribution in [0.3, 0.4) is 0 Å². The Kier molecular flexibility index (Phi) is 2.67. The molecule has 0 amide bonds. The first-order valence-corrected chi connectivity index (χ1v) is 6.64. The standard InChI is InChI=1S/C12H15N5O4/c13-9-7-10(15-4-14-9)17(5-16-7)11-8-6(1-18)12(2-19,21-11)3-20-8/h4-6,8,11,18-19H,1-3H2,(H2,13,14,15)/t6?,8?,11-,12+/m1/s1. The summed E-state index contributed by atoms with van der Waals surface area (Å²) in [5, 5.41) is 19.2. The summed E-state index contributed by atoms with van der Waals surface area (Å²) in [6.45, 7) is -0.0693. The number of hydrogen-bond acceptors (Lipinski definition) is 8. The van der Waals surface area contributed by atoms with Crippen molar-refractivity contribution in [3.05, 3.63) is 12.7 Å². The Balaban J connectivity index is 1.79. The quantitative estimate of drug-likeness (QED) is 0.635. The molecular formula is C12H15N5O4. The molecule has 2 aliphatic rings. The van der Waals surface area contributed by atoms with Crippen LogP contribution in [0.1, 0.15) is 6.23 Å². The fourth-order valence-electron chi connectivity index (χ4n) is 3.21. The Labute approximate surface area is 119 Å². The molecular weight excluding hydrogens is 278 g/mol. The second kappa shape index (κ2) is 4.34. The van der Waals surface area contributed by atoms with Gasteiger partial charge in [-0.3, -0.25) is 4.57 Å². The number of imidazole rings is 1. The lowest BCUT2D eigenvalue weighted by molar-refractivity contribution is -0.184. The van der Waals surface area contributed by atoms with Gasteiger partial charge in [0.15, 0.2) is 17.7 Å². The number of aromatic nitrogens is 4. The zero-order valence-corrected chi connectivity index (χ0v) is 11.1. The summed E-state index contributed by atoms with van der Waals surface area (Å²) in [5.41, 5.74) is 5.92. The van der Waals surface area contributed by atoms with Crippen LogP contribution in [0.4, 0.5) is 5.82 Å². The predicted octanol–water partition coefficient (Wildman–Crippen LogP) is -1.32. The lowest BCUT2D eigenvalue weighted by Gasteiger charge is -2.30. The Morgan fingerprint density at radius 3 is 2.95 bits per heavy atom. The SMILES string of the molecule is Nc1ncnc2c1ncn2[C@@H]1O[C@@]2(CO)COC1C2CO. The van der Waals surface area contributed by atoms with Crippen LogP contribution >= 0.6 is 0 Å². The van der Waals surface area contributed by atoms with Crippen molar-refractivity contribution in [3.63, 3.8) is 0 Å². The van der Waals surface area contributed by atoms with Gasteiger partial charge in [-0.05, 0) is 0 Å². The minimum Gasteiger partial charge on any atom is -0.396 e. The van der Waals surface area contributed by atoms with Crippen molar-refractivity contribution in [2.45, 2.75) is 17.9 Å². The molecule has 4 atom stereocenters. The molecule has 4 rings (SSSR count). The topological polar surface area (TPSA) is 129 Å². The molecule has 4 N–H and O–H groups in total. The van der Waals surface area contributed by atoms with Crippen LogP contribution in [0.2, 0.25) is 0 Å². The summed E-state index contributed by atoms with van der Waals surface area (Å²) in [5.74, 6) is 0.00235. The van der Waals surface area contributed by atoms with Gasteiger partial charge in [-0.2, -0.15) is 0 Å². The molecule has 4 heterocycles. The third-order valence-corrected chi connectivity index (χ3v) is 4.35. The van der Waals surface area contributed by atoms with E-state index in [0.29, 0.717) is 17.0 Å². The fourth-order valence-corrected chi connectivity index (χ4v) is 3.21. The average molecular weight is 293 g/mol. The van der Waals surface area contributed by atoms with Crippen LogP contribution in [-0.4, -0.2) is 61.3 Å². The van der Waals surface area contributed by atoms with Gasteiger partial charge in [-0.25, -0.2) is 15.0 Å². The highest BCUT2D eigenvalue weighted by molar-refractivity contribution is 5.81. The normalized spacial score (nSPS) is 34.9. The molecule has 0 radical (unpaired) electrons. The Morgan fingerprint density at radius 2 is 2.24 bits per heavy atom. The molecule has 9 nitrogen and oxygen atoms in total. The molecule has 0 spiro atoms. The number of ether oxygens (including phenoxy) is 2. The Bertz CT molecular complexity index is 691. The van der Waals surface area contributed by atoms with E-state index >= 15 is 0 Å². The van der Waals surface area contributed by atoms with Gasteiger partial charge < -0.3 is 25.4 Å². The van der Waals surface area contributed by atoms with Crippen molar-refractivity contribution in [1.82, 2.24) is 19.5 Å². The highest BCUT2D eigenvalue weighted by Gasteiger charge is 2.61. The second-order valence-corrected chi connectivity index (χ2v) is 5.38. The maximum Gasteiger partial charge on any atom is 0.167 e. The van der Waals surface area contributed by atoms with E-state index in [0.717, 1.165) is 0 Å². The molecule has 112 valence electrons. The summed E-state index contributed by atoms with van der Waals surface area (Å²) in [4.78, 5) is 12.3. The first-order valence-electron chi connectivity index (χ1n) is 6.64. The summed E-state index contributed by atoms with van der Waals surface area (Å²) in [7, 11) is 0. The van der Waals surface area contributed by atoms with E-state index in [4.69, 9.17) is 15.2 Å². The van der Waals surface area contributed by atoms with Crippen LogP contribution in [-0.2, 0) is 9.47 Å². The summed E-state index contributed by atoms with van der Waals surface area (Å²) >= 11 is 0. The van der Waals surface area contributed by atoms with Gasteiger partial charge in [0.1, 0.15) is 23.5 Å². The van der Waals surface area contributed by atoms with Crippen LogP contribution in [0.5, 0.6) is 0 Å². The molecule has 2 aromatic rings. The van der Waals surface area contributed by atoms with Gasteiger partial charge in [-0.1, -0.05) is 0 Å². The molecule has 2 bridgehead atoms. The van der Waals surface area contributed by atoms with Crippen molar-refractivity contribution < 1.29 is 19.7 Å². The van der Waals surface area contributed by atoms with E-state index in [1.165, 1.54) is 6.33 Å². The van der Waals surface area contributed by atoms with Crippen molar-refractivity contribution >= 4 is 17.0 Å². The number of aliphatic hydroxyl groups excluding tert-OH is 2. The summed E-state index contributed by atoms with van der Waals surface area (Å²) in [6, 6.07) is 0. The number of fused-ring (bicyclic) bond motifs is 3. The summed E-state index contributed by atoms with van der Waals surface area (Å²) < 4.78 is 13.4. The number of nitrogen functional groups attached to an aromatic ring is 1. The van der Waals surface area contributed by atoms with Gasteiger partial charge in [0.2, 0.25) is 0 Å². The van der Waals surface area contributed by atoms with E-state index in [-0.39, 0.29) is 31.8 Å². The van der Waals surface area contributed by atoms with Crippen LogP contribution < -0.4 is 5.73 Å². The highest BCUT2D eigenvalue weighted by atomic mass is 16.6. The maximum absolute atomic E-state index is 9.63. The number of anilines is 1. The molecule has 21 heavy (non-hydrogen) atoms. The largest absolute Gasteiger partial charge is 0.396 e. The molecule has 0 aliphatic carbocycles. The smallest absolute Gasteiger partial charge is 0.167 e. The lowest BCUT2D eigenvalue weighted by atomic mass is 9.90. The molecule has 2 unspecified atom stereocenters. The average Bonchev–Trinajstić information content (AvgIpc) is 3.16. The molecule has 2 aliphatic heterocycles. The molecule has 2 aromatic heterocycles. The highest BCUT2D eigenvalue weighted by Crippen LogP contribution is 2.49. The van der Waals surface area contributed by atoms with E-state index in [1.807, 2.05) is 0 Å². The fraction of sp³-hybridized carbons (Fsp3) is 0.583. The van der Waals surface area contributed by atoms with Crippen molar-refractivity contribution in [2.24, 2.45) is 5.92 Å². The predicted molar refractivity (Wildman–Crippen MR) is 70.0 cm³/mol. The van der Waals surface area contributed by atoms with Gasteiger partial charge in [-0.15, -0.1) is 0 Å². The van der Waals surface area contributed by atoms with Gasteiger partial charge in [0.05, 0.1) is 26.1 Å². The van der Waals surface area contributed by atoms with Gasteiger partial charge >= 0.3 is 0 Å². The van der Waals surface area contributed by atoms with E-state index in [1.54, 1.807) is 10.9 Å². The summed E-state index contributed by atoms with van der Waals surface area (Å²) in [6.07, 6.45) is 2.04. The maximum atomic E-state index is 9.63. The molecule has 2 fully saturated rings. The van der Waals surface area contributed by atoms with Crippen molar-refractivity contribution in [2.75, 3.05) is 25.6 Å². The molecule has 0 saturated carbocycles. The van der Waals surface area contributed by atoms with Gasteiger partial charge in [0, 0.05) is 5.92 Å². The minimum absolute atomic E-state index is 0.120. The molecule has 0 aromatic carbocycles. The van der Waals surface area contributed by atoms with Crippen LogP contribution in [0, 0.1) is 5.92 Å². The number of nitrogens with zero attached hydrogens (tertiary/aromatic N) is 4. The zero-order valence-electron chi connectivity index (χ0n) is 11.1. The van der Waals surface area contributed by atoms with Gasteiger partial charge in [0.25, 0.3) is 0 Å². The minimum atomic E-state index is -0.876. The van der Waals surface area contributed by atoms with Crippen LogP contribution in [0.25, 0.3) is 11.2 Å². The number of nitrogens with two attached hydrogens (primary N) is 1. The van der Waals surface area contributed by atoms with E-state index < -0.39 is 11.8 Å².